The van der Waals surface area contributed by atoms with Crippen molar-refractivity contribution in [2.45, 2.75) is 58.2 Å². The van der Waals surface area contributed by atoms with Crippen LogP contribution in [0.5, 0.6) is 0 Å². The highest BCUT2D eigenvalue weighted by molar-refractivity contribution is 7.85. The molecule has 1 aliphatic heterocycles. The maximum absolute atomic E-state index is 11.9. The van der Waals surface area contributed by atoms with E-state index in [1.807, 2.05) is 27.7 Å². The predicted molar refractivity (Wildman–Crippen MR) is 71.4 cm³/mol. The van der Waals surface area contributed by atoms with Gasteiger partial charge in [0.2, 0.25) is 5.91 Å². The summed E-state index contributed by atoms with van der Waals surface area (Å²) in [6.45, 7) is 7.80. The van der Waals surface area contributed by atoms with Crippen LogP contribution in [-0.4, -0.2) is 39.2 Å². The van der Waals surface area contributed by atoms with E-state index >= 15 is 0 Å². The third kappa shape index (κ3) is 5.64. The average Bonchev–Trinajstić information content (AvgIpc) is 2.19. The summed E-state index contributed by atoms with van der Waals surface area (Å²) >= 11 is 0. The molecule has 0 radical (unpaired) electrons. The third-order valence-electron chi connectivity index (χ3n) is 2.77. The Morgan fingerprint density at radius 3 is 2.29 bits per heavy atom. The first kappa shape index (κ1) is 14.6. The summed E-state index contributed by atoms with van der Waals surface area (Å²) in [6, 6.07) is 0.138. The number of carbonyl (C=O) groups excluding carboxylic acids is 1. The highest BCUT2D eigenvalue weighted by Gasteiger charge is 2.24. The van der Waals surface area contributed by atoms with Crippen LogP contribution in [0.4, 0.5) is 0 Å². The van der Waals surface area contributed by atoms with Gasteiger partial charge >= 0.3 is 0 Å². The van der Waals surface area contributed by atoms with E-state index in [0.717, 1.165) is 24.3 Å². The molecule has 1 fully saturated rings. The second-order valence-corrected chi connectivity index (χ2v) is 7.45. The highest BCUT2D eigenvalue weighted by Crippen LogP contribution is 2.10. The van der Waals surface area contributed by atoms with Crippen molar-refractivity contribution in [2.24, 2.45) is 0 Å². The Hall–Kier alpha value is -0.420. The fraction of sp³-hybridized carbons (Fsp3) is 0.917. The quantitative estimate of drug-likeness (QED) is 0.789. The molecular weight excluding hydrogens is 236 g/mol. The lowest BCUT2D eigenvalue weighted by atomic mass is 10.1. The zero-order chi connectivity index (χ0) is 13.1. The lowest BCUT2D eigenvalue weighted by Crippen LogP contribution is -2.52. The van der Waals surface area contributed by atoms with E-state index in [-0.39, 0.29) is 17.5 Å². The van der Waals surface area contributed by atoms with Crippen LogP contribution in [0, 0.1) is 0 Å². The summed E-state index contributed by atoms with van der Waals surface area (Å²) in [5.41, 5.74) is -0.193. The molecule has 5 heteroatoms. The Balaban J connectivity index is 2.36. The molecule has 1 atom stereocenters. The zero-order valence-electron chi connectivity index (χ0n) is 11.2. The van der Waals surface area contributed by atoms with Crippen LogP contribution in [0.15, 0.2) is 0 Å². The van der Waals surface area contributed by atoms with Crippen LogP contribution in [0.3, 0.4) is 0 Å². The maximum atomic E-state index is 11.9. The van der Waals surface area contributed by atoms with Gasteiger partial charge in [0, 0.05) is 33.9 Å². The molecule has 1 rings (SSSR count). The number of hydrogen-bond donors (Lipinski definition) is 2. The van der Waals surface area contributed by atoms with Crippen molar-refractivity contribution in [3.8, 4) is 0 Å². The molecule has 0 saturated carbocycles. The summed E-state index contributed by atoms with van der Waals surface area (Å²) < 4.78 is 11.2. The molecule has 2 N–H and O–H groups in total. The minimum Gasteiger partial charge on any atom is -0.350 e. The molecule has 17 heavy (non-hydrogen) atoms. The van der Waals surface area contributed by atoms with Gasteiger partial charge in [0.15, 0.2) is 0 Å². The van der Waals surface area contributed by atoms with Gasteiger partial charge in [-0.05, 0) is 40.5 Å². The first-order valence-corrected chi connectivity index (χ1v) is 7.70. The van der Waals surface area contributed by atoms with E-state index in [1.54, 1.807) is 0 Å². The molecule has 1 aliphatic rings. The Kier molecular flexibility index (Phi) is 5.13. The van der Waals surface area contributed by atoms with Gasteiger partial charge in [0.25, 0.3) is 0 Å². The second-order valence-electron chi connectivity index (χ2n) is 5.75. The van der Waals surface area contributed by atoms with E-state index in [0.29, 0.717) is 6.04 Å². The molecule has 1 heterocycles. The van der Waals surface area contributed by atoms with Crippen molar-refractivity contribution >= 4 is 16.7 Å². The lowest BCUT2D eigenvalue weighted by Gasteiger charge is -2.28. The molecule has 1 saturated heterocycles. The van der Waals surface area contributed by atoms with Crippen molar-refractivity contribution in [2.75, 3.05) is 11.5 Å². The minimum absolute atomic E-state index is 0.0317. The SMILES string of the molecule is CC(NC1CCS(=O)CC1)C(=O)NC(C)(C)C. The molecule has 0 aromatic rings. The molecule has 0 aromatic carbocycles. The van der Waals surface area contributed by atoms with E-state index < -0.39 is 10.8 Å². The number of carbonyl (C=O) groups is 1. The van der Waals surface area contributed by atoms with Gasteiger partial charge in [-0.2, -0.15) is 0 Å². The van der Waals surface area contributed by atoms with Crippen LogP contribution in [0.25, 0.3) is 0 Å². The fourth-order valence-electron chi connectivity index (χ4n) is 1.87. The van der Waals surface area contributed by atoms with Gasteiger partial charge in [0.05, 0.1) is 6.04 Å². The van der Waals surface area contributed by atoms with Crippen LogP contribution >= 0.6 is 0 Å². The van der Waals surface area contributed by atoms with Gasteiger partial charge in [0.1, 0.15) is 0 Å². The van der Waals surface area contributed by atoms with E-state index in [4.69, 9.17) is 0 Å². The predicted octanol–water partition coefficient (Wildman–Crippen LogP) is 0.790. The van der Waals surface area contributed by atoms with E-state index in [2.05, 4.69) is 10.6 Å². The average molecular weight is 260 g/mol. The standard InChI is InChI=1S/C12H24N2O2S/c1-9(11(15)14-12(2,3)4)13-10-5-7-17(16)8-6-10/h9-10,13H,5-8H2,1-4H3,(H,14,15). The minimum atomic E-state index is -0.643. The van der Waals surface area contributed by atoms with Gasteiger partial charge in [-0.3, -0.25) is 9.00 Å². The molecule has 1 unspecified atom stereocenters. The van der Waals surface area contributed by atoms with E-state index in [9.17, 15) is 9.00 Å². The molecule has 0 spiro atoms. The smallest absolute Gasteiger partial charge is 0.237 e. The Bertz CT molecular complexity index is 289. The topological polar surface area (TPSA) is 58.2 Å². The molecule has 100 valence electrons. The number of hydrogen-bond acceptors (Lipinski definition) is 3. The van der Waals surface area contributed by atoms with Crippen molar-refractivity contribution in [3.05, 3.63) is 0 Å². The van der Waals surface area contributed by atoms with Gasteiger partial charge in [-0.25, -0.2) is 0 Å². The molecule has 0 aliphatic carbocycles. The normalized spacial score (nSPS) is 27.5. The summed E-state index contributed by atoms with van der Waals surface area (Å²) in [5.74, 6) is 1.54. The third-order valence-corrected chi connectivity index (χ3v) is 4.15. The zero-order valence-corrected chi connectivity index (χ0v) is 12.0. The molecule has 0 bridgehead atoms. The number of rotatable bonds is 3. The summed E-state index contributed by atoms with van der Waals surface area (Å²) in [4.78, 5) is 11.9. The van der Waals surface area contributed by atoms with Crippen LogP contribution in [0.2, 0.25) is 0 Å². The molecule has 1 amide bonds. The molecule has 4 nitrogen and oxygen atoms in total. The lowest BCUT2D eigenvalue weighted by molar-refractivity contribution is -0.124. The Labute approximate surface area is 106 Å². The van der Waals surface area contributed by atoms with Gasteiger partial charge < -0.3 is 10.6 Å². The van der Waals surface area contributed by atoms with E-state index in [1.165, 1.54) is 0 Å². The van der Waals surface area contributed by atoms with Crippen molar-refractivity contribution < 1.29 is 9.00 Å². The monoisotopic (exact) mass is 260 g/mol. The van der Waals surface area contributed by atoms with Crippen LogP contribution < -0.4 is 10.6 Å². The second kappa shape index (κ2) is 5.96. The Morgan fingerprint density at radius 1 is 1.29 bits per heavy atom. The summed E-state index contributed by atoms with van der Waals surface area (Å²) in [6.07, 6.45) is 1.81. The highest BCUT2D eigenvalue weighted by atomic mass is 32.2. The summed E-state index contributed by atoms with van der Waals surface area (Å²) in [5, 5.41) is 6.27. The fourth-order valence-corrected chi connectivity index (χ4v) is 3.17. The van der Waals surface area contributed by atoms with Gasteiger partial charge in [-0.1, -0.05) is 0 Å². The number of nitrogens with one attached hydrogen (secondary N) is 2. The van der Waals surface area contributed by atoms with Crippen molar-refractivity contribution in [1.82, 2.24) is 10.6 Å². The summed E-state index contributed by atoms with van der Waals surface area (Å²) in [7, 11) is -0.643. The largest absolute Gasteiger partial charge is 0.350 e. The first-order valence-electron chi connectivity index (χ1n) is 6.21. The molecule has 0 aromatic heterocycles. The van der Waals surface area contributed by atoms with Crippen molar-refractivity contribution in [1.29, 1.82) is 0 Å². The maximum Gasteiger partial charge on any atom is 0.237 e. The first-order chi connectivity index (χ1) is 7.78. The van der Waals surface area contributed by atoms with Crippen molar-refractivity contribution in [3.63, 3.8) is 0 Å². The molecular formula is C12H24N2O2S. The Morgan fingerprint density at radius 2 is 1.82 bits per heavy atom. The number of amides is 1. The van der Waals surface area contributed by atoms with Crippen LogP contribution in [-0.2, 0) is 15.6 Å². The van der Waals surface area contributed by atoms with Gasteiger partial charge in [-0.15, -0.1) is 0 Å². The van der Waals surface area contributed by atoms with Crippen LogP contribution in [0.1, 0.15) is 40.5 Å².